The van der Waals surface area contributed by atoms with E-state index in [9.17, 15) is 32.4 Å². The van der Waals surface area contributed by atoms with Crippen molar-refractivity contribution >= 4 is 46.0 Å². The van der Waals surface area contributed by atoms with Gasteiger partial charge in [-0.3, -0.25) is 30.0 Å². The minimum Gasteiger partial charge on any atom is -0.465 e. The molecule has 3 rings (SSSR count). The number of rotatable bonds is 13. The number of guanidine groups is 1. The average Bonchev–Trinajstić information content (AvgIpc) is 3.09. The molecule has 0 aliphatic carbocycles. The standard InChI is InChI=1S/C38H60N6O10S/c1-8-9-27-52-32(47)29(42-55(50,51)28-13-11-10-12-14-28)15-16-30(45)43-23-18-38(19-24-43)20-25-44(26-21-38)31(46)17-22-39-33(40-34(48)53-36(2,3)4)41-35(49)54-37(5,6)7/h10-14,29,42H,8-9,15-27H2,1-7H3,(H2,39,40,41,48,49). The van der Waals surface area contributed by atoms with E-state index in [-0.39, 0.29) is 60.5 Å². The number of hydrogen-bond acceptors (Lipinski definition) is 11. The smallest absolute Gasteiger partial charge is 0.414 e. The fourth-order valence-electron chi connectivity index (χ4n) is 6.22. The molecular weight excluding hydrogens is 733 g/mol. The van der Waals surface area contributed by atoms with Crippen LogP contribution in [0.2, 0.25) is 0 Å². The Morgan fingerprint density at radius 3 is 1.76 bits per heavy atom. The third-order valence-corrected chi connectivity index (χ3v) is 10.7. The topological polar surface area (TPSA) is 202 Å². The molecule has 1 aromatic rings. The van der Waals surface area contributed by atoms with Crippen LogP contribution in [0.1, 0.15) is 106 Å². The number of carbonyl (C=O) groups is 5. The highest BCUT2D eigenvalue weighted by molar-refractivity contribution is 7.89. The SMILES string of the molecule is CCCCOC(=O)C(CCC(=O)N1CCC2(CCN(C(=O)CCN=C(NC(=O)OC(C)(C)C)NC(=O)OC(C)(C)C)CC2)CC1)NS(=O)(=O)c1ccccc1. The first kappa shape index (κ1) is 45.1. The van der Waals surface area contributed by atoms with Crippen molar-refractivity contribution in [2.24, 2.45) is 10.4 Å². The minimum atomic E-state index is -4.02. The van der Waals surface area contributed by atoms with Crippen LogP contribution in [0.3, 0.4) is 0 Å². The van der Waals surface area contributed by atoms with E-state index in [2.05, 4.69) is 20.3 Å². The molecule has 2 heterocycles. The molecule has 55 heavy (non-hydrogen) atoms. The Morgan fingerprint density at radius 1 is 0.800 bits per heavy atom. The van der Waals surface area contributed by atoms with Crippen molar-refractivity contribution in [1.29, 1.82) is 0 Å². The highest BCUT2D eigenvalue weighted by atomic mass is 32.2. The van der Waals surface area contributed by atoms with Gasteiger partial charge in [0.25, 0.3) is 0 Å². The van der Waals surface area contributed by atoms with Crippen LogP contribution in [0, 0.1) is 5.41 Å². The maximum atomic E-state index is 13.3. The van der Waals surface area contributed by atoms with Crippen molar-refractivity contribution in [3.63, 3.8) is 0 Å². The number of esters is 1. The molecule has 0 aromatic heterocycles. The van der Waals surface area contributed by atoms with Gasteiger partial charge in [0.15, 0.2) is 0 Å². The lowest BCUT2D eigenvalue weighted by Gasteiger charge is -2.47. The Balaban J connectivity index is 1.50. The molecule has 308 valence electrons. The molecule has 2 aliphatic rings. The molecule has 0 bridgehead atoms. The summed E-state index contributed by atoms with van der Waals surface area (Å²) in [5, 5.41) is 4.82. The first-order chi connectivity index (χ1) is 25.7. The molecule has 16 nitrogen and oxygen atoms in total. The van der Waals surface area contributed by atoms with Gasteiger partial charge in [0.1, 0.15) is 17.2 Å². The predicted molar refractivity (Wildman–Crippen MR) is 205 cm³/mol. The molecule has 1 atom stereocenters. The summed E-state index contributed by atoms with van der Waals surface area (Å²) < 4.78 is 44.3. The predicted octanol–water partition coefficient (Wildman–Crippen LogP) is 4.48. The lowest BCUT2D eigenvalue weighted by molar-refractivity contribution is -0.146. The zero-order chi connectivity index (χ0) is 40.9. The number of carbonyl (C=O) groups excluding carboxylic acids is 5. The lowest BCUT2D eigenvalue weighted by atomic mass is 9.71. The van der Waals surface area contributed by atoms with Crippen LogP contribution in [0.5, 0.6) is 0 Å². The van der Waals surface area contributed by atoms with Crippen molar-refractivity contribution in [1.82, 2.24) is 25.2 Å². The monoisotopic (exact) mass is 792 g/mol. The van der Waals surface area contributed by atoms with Crippen LogP contribution < -0.4 is 15.4 Å². The van der Waals surface area contributed by atoms with Crippen molar-refractivity contribution in [3.8, 4) is 0 Å². The lowest BCUT2D eigenvalue weighted by Crippen LogP contribution is -2.50. The number of aliphatic imine (C=N–C) groups is 1. The fourth-order valence-corrected chi connectivity index (χ4v) is 7.46. The second-order valence-electron chi connectivity index (χ2n) is 16.0. The number of hydrogen-bond donors (Lipinski definition) is 3. The van der Waals surface area contributed by atoms with E-state index >= 15 is 0 Å². The number of sulfonamides is 1. The number of alkyl carbamates (subject to hydrolysis) is 2. The molecule has 3 N–H and O–H groups in total. The van der Waals surface area contributed by atoms with Gasteiger partial charge >= 0.3 is 18.2 Å². The van der Waals surface area contributed by atoms with Gasteiger partial charge in [-0.2, -0.15) is 4.72 Å². The summed E-state index contributed by atoms with van der Waals surface area (Å²) in [5.41, 5.74) is -1.57. The Morgan fingerprint density at radius 2 is 1.29 bits per heavy atom. The van der Waals surface area contributed by atoms with E-state index in [0.29, 0.717) is 32.6 Å². The van der Waals surface area contributed by atoms with Gasteiger partial charge in [0.2, 0.25) is 27.8 Å². The molecular formula is C38H60N6O10S. The molecule has 2 fully saturated rings. The number of ether oxygens (including phenoxy) is 3. The molecule has 17 heteroatoms. The number of benzene rings is 1. The minimum absolute atomic E-state index is 0.00347. The fraction of sp³-hybridized carbons (Fsp3) is 0.684. The molecule has 0 saturated carbocycles. The Labute approximate surface area is 325 Å². The second kappa shape index (κ2) is 20.1. The first-order valence-corrected chi connectivity index (χ1v) is 20.5. The summed E-state index contributed by atoms with van der Waals surface area (Å²) in [6.07, 6.45) is 2.91. The summed E-state index contributed by atoms with van der Waals surface area (Å²) in [4.78, 5) is 71.8. The van der Waals surface area contributed by atoms with Gasteiger partial charge in [0, 0.05) is 39.0 Å². The van der Waals surface area contributed by atoms with Crippen LogP contribution in [0.25, 0.3) is 0 Å². The van der Waals surface area contributed by atoms with Crippen LogP contribution in [0.15, 0.2) is 40.2 Å². The van der Waals surface area contributed by atoms with Crippen LogP contribution >= 0.6 is 0 Å². The van der Waals surface area contributed by atoms with Crippen LogP contribution in [0.4, 0.5) is 9.59 Å². The quantitative estimate of drug-likeness (QED) is 0.0841. The molecule has 2 aliphatic heterocycles. The third kappa shape index (κ3) is 15.8. The third-order valence-electron chi connectivity index (χ3n) is 9.21. The van der Waals surface area contributed by atoms with Crippen molar-refractivity contribution in [2.45, 2.75) is 128 Å². The summed E-state index contributed by atoms with van der Waals surface area (Å²) in [6.45, 7) is 14.5. The van der Waals surface area contributed by atoms with Gasteiger partial charge in [-0.1, -0.05) is 31.5 Å². The normalized spacial score (nSPS) is 16.4. The molecule has 4 amide bonds. The highest BCUT2D eigenvalue weighted by Crippen LogP contribution is 2.41. The van der Waals surface area contributed by atoms with E-state index in [1.807, 2.05) is 6.92 Å². The van der Waals surface area contributed by atoms with Crippen LogP contribution in [-0.2, 0) is 38.6 Å². The average molecular weight is 793 g/mol. The van der Waals surface area contributed by atoms with Crippen molar-refractivity contribution in [2.75, 3.05) is 39.3 Å². The van der Waals surface area contributed by atoms with E-state index in [1.54, 1.807) is 69.5 Å². The zero-order valence-electron chi connectivity index (χ0n) is 33.4. The van der Waals surface area contributed by atoms with E-state index in [0.717, 1.165) is 32.1 Å². The number of likely N-dealkylation sites (tertiary alicyclic amines) is 2. The number of piperidine rings is 2. The van der Waals surface area contributed by atoms with Gasteiger partial charge in [0.05, 0.1) is 18.0 Å². The van der Waals surface area contributed by atoms with Gasteiger partial charge in [-0.05, 0) is 97.6 Å². The number of amides is 4. The Bertz CT molecular complexity index is 1570. The van der Waals surface area contributed by atoms with Crippen molar-refractivity contribution < 1.29 is 46.6 Å². The van der Waals surface area contributed by atoms with Gasteiger partial charge in [-0.15, -0.1) is 0 Å². The molecule has 1 aromatic carbocycles. The van der Waals surface area contributed by atoms with E-state index < -0.39 is 45.4 Å². The van der Waals surface area contributed by atoms with Gasteiger partial charge < -0.3 is 24.0 Å². The number of unbranched alkanes of at least 4 members (excludes halogenated alkanes) is 1. The molecule has 1 unspecified atom stereocenters. The maximum Gasteiger partial charge on any atom is 0.414 e. The number of nitrogens with one attached hydrogen (secondary N) is 3. The maximum absolute atomic E-state index is 13.3. The second-order valence-corrected chi connectivity index (χ2v) is 17.8. The zero-order valence-corrected chi connectivity index (χ0v) is 34.2. The highest BCUT2D eigenvalue weighted by Gasteiger charge is 2.39. The Kier molecular flexibility index (Phi) is 16.5. The van der Waals surface area contributed by atoms with Crippen molar-refractivity contribution in [3.05, 3.63) is 30.3 Å². The summed E-state index contributed by atoms with van der Waals surface area (Å²) >= 11 is 0. The molecule has 1 spiro atoms. The molecule has 2 saturated heterocycles. The number of nitrogens with zero attached hydrogens (tertiary/aromatic N) is 3. The van der Waals surface area contributed by atoms with Crippen LogP contribution in [-0.4, -0.2) is 111 Å². The summed E-state index contributed by atoms with van der Waals surface area (Å²) in [7, 11) is -4.02. The largest absolute Gasteiger partial charge is 0.465 e. The Hall–Kier alpha value is -4.25. The van der Waals surface area contributed by atoms with E-state index in [4.69, 9.17) is 14.2 Å². The molecule has 0 radical (unpaired) electrons. The summed E-state index contributed by atoms with van der Waals surface area (Å²) in [5.74, 6) is -1.16. The van der Waals surface area contributed by atoms with Gasteiger partial charge in [-0.25, -0.2) is 18.0 Å². The van der Waals surface area contributed by atoms with E-state index in [1.165, 1.54) is 12.1 Å². The summed E-state index contributed by atoms with van der Waals surface area (Å²) in [6, 6.07) is 6.54. The first-order valence-electron chi connectivity index (χ1n) is 19.0.